The minimum Gasteiger partial charge on any atom is -0.399 e. The molecule has 0 fully saturated rings. The van der Waals surface area contributed by atoms with E-state index in [2.05, 4.69) is 13.2 Å². The summed E-state index contributed by atoms with van der Waals surface area (Å²) in [7, 11) is 0. The van der Waals surface area contributed by atoms with Gasteiger partial charge < -0.3 is 5.73 Å². The number of hydrogen-bond donors (Lipinski definition) is 1. The lowest BCUT2D eigenvalue weighted by molar-refractivity contribution is 1.54. The van der Waals surface area contributed by atoms with Crippen LogP contribution in [-0.4, -0.2) is 0 Å². The van der Waals surface area contributed by atoms with E-state index in [0.717, 1.165) is 22.4 Å². The van der Waals surface area contributed by atoms with Crippen LogP contribution in [0.3, 0.4) is 0 Å². The normalized spacial score (nSPS) is 9.42. The van der Waals surface area contributed by atoms with Gasteiger partial charge in [-0.05, 0) is 30.2 Å². The fraction of sp³-hybridized carbons (Fsp3) is 0.0909. The summed E-state index contributed by atoms with van der Waals surface area (Å²) < 4.78 is 0. The number of allylic oxidation sites excluding steroid dienone is 1. The quantitative estimate of drug-likeness (QED) is 0.660. The fourth-order valence-corrected chi connectivity index (χ4v) is 1.12. The predicted molar refractivity (Wildman–Crippen MR) is 55.7 cm³/mol. The van der Waals surface area contributed by atoms with Gasteiger partial charge in [-0.15, -0.1) is 0 Å². The Balaban J connectivity index is 3.30. The van der Waals surface area contributed by atoms with Crippen molar-refractivity contribution in [1.29, 1.82) is 0 Å². The van der Waals surface area contributed by atoms with Gasteiger partial charge in [0, 0.05) is 5.69 Å². The Hall–Kier alpha value is -1.50. The van der Waals surface area contributed by atoms with Crippen molar-refractivity contribution in [3.05, 3.63) is 42.5 Å². The Morgan fingerprint density at radius 3 is 2.67 bits per heavy atom. The first-order chi connectivity index (χ1) is 5.65. The lowest BCUT2D eigenvalue weighted by atomic mass is 10.0. The van der Waals surface area contributed by atoms with Crippen molar-refractivity contribution in [2.24, 2.45) is 0 Å². The van der Waals surface area contributed by atoms with Crippen LogP contribution >= 0.6 is 0 Å². The molecule has 1 heteroatoms. The molecule has 1 nitrogen and oxygen atoms in total. The van der Waals surface area contributed by atoms with E-state index in [1.165, 1.54) is 0 Å². The smallest absolute Gasteiger partial charge is 0.0320 e. The third kappa shape index (κ3) is 1.56. The van der Waals surface area contributed by atoms with Crippen molar-refractivity contribution < 1.29 is 0 Å². The van der Waals surface area contributed by atoms with Gasteiger partial charge in [0.1, 0.15) is 0 Å². The summed E-state index contributed by atoms with van der Waals surface area (Å²) in [4.78, 5) is 0. The second-order valence-corrected chi connectivity index (χ2v) is 2.83. The zero-order chi connectivity index (χ0) is 9.14. The molecule has 0 heterocycles. The van der Waals surface area contributed by atoms with Crippen LogP contribution in [-0.2, 0) is 0 Å². The maximum atomic E-state index is 5.64. The zero-order valence-corrected chi connectivity index (χ0v) is 7.30. The maximum Gasteiger partial charge on any atom is 0.0320 e. The van der Waals surface area contributed by atoms with Crippen molar-refractivity contribution >= 4 is 17.3 Å². The van der Waals surface area contributed by atoms with Crippen LogP contribution in [0, 0.1) is 0 Å². The standard InChI is InChI=1S/C11H13N/c1-4-9-5-6-10(12)7-11(9)8(2)3/h4-7H,1-2,12H2,3H3. The van der Waals surface area contributed by atoms with Crippen LogP contribution in [0.25, 0.3) is 11.6 Å². The molecule has 12 heavy (non-hydrogen) atoms. The number of nitrogen functional groups attached to an aromatic ring is 1. The van der Waals surface area contributed by atoms with Gasteiger partial charge in [-0.1, -0.05) is 30.9 Å². The molecule has 0 saturated heterocycles. The van der Waals surface area contributed by atoms with E-state index in [4.69, 9.17) is 5.73 Å². The Morgan fingerprint density at radius 2 is 2.17 bits per heavy atom. The van der Waals surface area contributed by atoms with E-state index < -0.39 is 0 Å². The first kappa shape index (κ1) is 8.60. The van der Waals surface area contributed by atoms with Crippen molar-refractivity contribution in [2.45, 2.75) is 6.92 Å². The van der Waals surface area contributed by atoms with E-state index in [1.54, 1.807) is 0 Å². The first-order valence-electron chi connectivity index (χ1n) is 3.83. The summed E-state index contributed by atoms with van der Waals surface area (Å²) in [6.45, 7) is 9.55. The molecule has 0 bridgehead atoms. The molecule has 2 N–H and O–H groups in total. The third-order valence-corrected chi connectivity index (χ3v) is 1.76. The molecule has 1 aromatic carbocycles. The van der Waals surface area contributed by atoms with Crippen molar-refractivity contribution in [2.75, 3.05) is 5.73 Å². The molecule has 1 rings (SSSR count). The van der Waals surface area contributed by atoms with E-state index in [-0.39, 0.29) is 0 Å². The molecule has 1 aromatic rings. The molecule has 0 spiro atoms. The van der Waals surface area contributed by atoms with Crippen LogP contribution in [0.4, 0.5) is 5.69 Å². The molecule has 0 atom stereocenters. The molecular weight excluding hydrogens is 146 g/mol. The topological polar surface area (TPSA) is 26.0 Å². The summed E-state index contributed by atoms with van der Waals surface area (Å²) >= 11 is 0. The summed E-state index contributed by atoms with van der Waals surface area (Å²) in [6.07, 6.45) is 1.81. The number of rotatable bonds is 2. The summed E-state index contributed by atoms with van der Waals surface area (Å²) in [5, 5.41) is 0. The second-order valence-electron chi connectivity index (χ2n) is 2.83. The summed E-state index contributed by atoms with van der Waals surface area (Å²) in [5.74, 6) is 0. The molecule has 62 valence electrons. The highest BCUT2D eigenvalue weighted by Crippen LogP contribution is 2.20. The Kier molecular flexibility index (Phi) is 2.34. The second kappa shape index (κ2) is 3.26. The lowest BCUT2D eigenvalue weighted by Gasteiger charge is -2.05. The summed E-state index contributed by atoms with van der Waals surface area (Å²) in [6, 6.07) is 5.73. The number of hydrogen-bond acceptors (Lipinski definition) is 1. The first-order valence-corrected chi connectivity index (χ1v) is 3.83. The Morgan fingerprint density at radius 1 is 1.50 bits per heavy atom. The van der Waals surface area contributed by atoms with Gasteiger partial charge in [0.25, 0.3) is 0 Å². The van der Waals surface area contributed by atoms with Gasteiger partial charge in [0.05, 0.1) is 0 Å². The number of nitrogens with two attached hydrogens (primary N) is 1. The number of anilines is 1. The van der Waals surface area contributed by atoms with Crippen LogP contribution in [0.15, 0.2) is 31.4 Å². The molecule has 0 saturated carbocycles. The van der Waals surface area contributed by atoms with Crippen LogP contribution in [0.5, 0.6) is 0 Å². The van der Waals surface area contributed by atoms with Crippen molar-refractivity contribution in [1.82, 2.24) is 0 Å². The average Bonchev–Trinajstić information content (AvgIpc) is 2.04. The van der Waals surface area contributed by atoms with Crippen LogP contribution in [0.1, 0.15) is 18.1 Å². The highest BCUT2D eigenvalue weighted by Gasteiger charge is 1.99. The highest BCUT2D eigenvalue weighted by atomic mass is 14.5. The molecule has 0 amide bonds. The molecule has 0 aliphatic heterocycles. The van der Waals surface area contributed by atoms with Gasteiger partial charge in [-0.2, -0.15) is 0 Å². The van der Waals surface area contributed by atoms with Crippen molar-refractivity contribution in [3.8, 4) is 0 Å². The minimum atomic E-state index is 0.763. The van der Waals surface area contributed by atoms with Crippen molar-refractivity contribution in [3.63, 3.8) is 0 Å². The minimum absolute atomic E-state index is 0.763. The monoisotopic (exact) mass is 159 g/mol. The third-order valence-electron chi connectivity index (χ3n) is 1.76. The SMILES string of the molecule is C=Cc1ccc(N)cc1C(=C)C. The highest BCUT2D eigenvalue weighted by molar-refractivity contribution is 5.73. The molecule has 0 unspecified atom stereocenters. The van der Waals surface area contributed by atoms with E-state index >= 15 is 0 Å². The molecular formula is C11H13N. The Labute approximate surface area is 73.2 Å². The van der Waals surface area contributed by atoms with Gasteiger partial charge >= 0.3 is 0 Å². The van der Waals surface area contributed by atoms with Gasteiger partial charge in [-0.3, -0.25) is 0 Å². The maximum absolute atomic E-state index is 5.64. The van der Waals surface area contributed by atoms with E-state index in [0.29, 0.717) is 0 Å². The van der Waals surface area contributed by atoms with Gasteiger partial charge in [0.2, 0.25) is 0 Å². The largest absolute Gasteiger partial charge is 0.399 e. The van der Waals surface area contributed by atoms with Crippen LogP contribution < -0.4 is 5.73 Å². The van der Waals surface area contributed by atoms with Gasteiger partial charge in [-0.25, -0.2) is 0 Å². The predicted octanol–water partition coefficient (Wildman–Crippen LogP) is 2.94. The molecule has 0 aliphatic carbocycles. The van der Waals surface area contributed by atoms with Gasteiger partial charge in [0.15, 0.2) is 0 Å². The van der Waals surface area contributed by atoms with Crippen LogP contribution in [0.2, 0.25) is 0 Å². The Bertz CT molecular complexity index is 324. The molecule has 0 radical (unpaired) electrons. The zero-order valence-electron chi connectivity index (χ0n) is 7.30. The molecule has 0 aromatic heterocycles. The average molecular weight is 159 g/mol. The number of benzene rings is 1. The lowest BCUT2D eigenvalue weighted by Crippen LogP contribution is -1.89. The van der Waals surface area contributed by atoms with E-state index in [9.17, 15) is 0 Å². The van der Waals surface area contributed by atoms with E-state index in [1.807, 2.05) is 31.2 Å². The molecule has 0 aliphatic rings. The summed E-state index contributed by atoms with van der Waals surface area (Å²) in [5.41, 5.74) is 9.57. The fourth-order valence-electron chi connectivity index (χ4n) is 1.12.